The van der Waals surface area contributed by atoms with Crippen LogP contribution in [-0.2, 0) is 22.7 Å². The summed E-state index contributed by atoms with van der Waals surface area (Å²) in [6, 6.07) is 0.349. The average Bonchev–Trinajstić information content (AvgIpc) is 3.12. The number of fused-ring (bicyclic) bond motifs is 1. The summed E-state index contributed by atoms with van der Waals surface area (Å²) in [5, 5.41) is -0.270. The fourth-order valence-electron chi connectivity index (χ4n) is 3.74. The van der Waals surface area contributed by atoms with Crippen LogP contribution in [0, 0.1) is 0 Å². The third-order valence-corrected chi connectivity index (χ3v) is 7.54. The van der Waals surface area contributed by atoms with E-state index in [1.54, 1.807) is 13.8 Å². The first-order valence-corrected chi connectivity index (χ1v) is 10.7. The summed E-state index contributed by atoms with van der Waals surface area (Å²) in [6.07, 6.45) is 7.76. The molecule has 1 saturated heterocycles. The molecule has 1 aliphatic carbocycles. The van der Waals surface area contributed by atoms with E-state index in [9.17, 15) is 8.42 Å². The summed E-state index contributed by atoms with van der Waals surface area (Å²) < 4.78 is 23.9. The van der Waals surface area contributed by atoms with Gasteiger partial charge in [0, 0.05) is 5.69 Å². The molecule has 1 atom stereocenters. The maximum atomic E-state index is 12.0. The molecule has 1 fully saturated rings. The number of hydrogen-bond acceptors (Lipinski definition) is 4. The summed E-state index contributed by atoms with van der Waals surface area (Å²) in [7, 11) is -2.92. The Morgan fingerprint density at radius 3 is 2.78 bits per heavy atom. The van der Waals surface area contributed by atoms with Gasteiger partial charge in [0.2, 0.25) is 0 Å². The number of nitrogens with one attached hydrogen (secondary N) is 1. The van der Waals surface area contributed by atoms with Crippen molar-refractivity contribution in [3.63, 3.8) is 0 Å². The summed E-state index contributed by atoms with van der Waals surface area (Å²) >= 11 is 0. The zero-order valence-corrected chi connectivity index (χ0v) is 15.2. The molecule has 0 aromatic carbocycles. The largest absolute Gasteiger partial charge is 0.344 e. The summed E-state index contributed by atoms with van der Waals surface area (Å²) in [6.45, 7) is 5.43. The first kappa shape index (κ1) is 17.0. The van der Waals surface area contributed by atoms with Crippen LogP contribution in [-0.4, -0.2) is 47.4 Å². The van der Waals surface area contributed by atoms with Crippen LogP contribution in [0.1, 0.15) is 69.2 Å². The van der Waals surface area contributed by atoms with Crippen molar-refractivity contribution in [1.82, 2.24) is 14.9 Å². The number of hydrogen-bond donors (Lipinski definition) is 1. The van der Waals surface area contributed by atoms with Crippen LogP contribution in [0.2, 0.25) is 0 Å². The molecule has 0 bridgehead atoms. The van der Waals surface area contributed by atoms with Gasteiger partial charge in [0.1, 0.15) is 5.82 Å². The zero-order chi connectivity index (χ0) is 16.4. The number of likely N-dealkylation sites (tertiary alicyclic amines) is 1. The molecule has 3 rings (SSSR count). The van der Waals surface area contributed by atoms with E-state index >= 15 is 0 Å². The lowest BCUT2D eigenvalue weighted by Crippen LogP contribution is -2.28. The highest BCUT2D eigenvalue weighted by Crippen LogP contribution is 2.32. The molecular formula is C17H29N3O2S. The molecule has 6 heteroatoms. The lowest BCUT2D eigenvalue weighted by atomic mass is 10.0. The molecule has 0 spiro atoms. The Bertz CT molecular complexity index is 613. The van der Waals surface area contributed by atoms with Gasteiger partial charge in [-0.3, -0.25) is 4.90 Å². The van der Waals surface area contributed by atoms with Crippen LogP contribution >= 0.6 is 0 Å². The van der Waals surface area contributed by atoms with Crippen molar-refractivity contribution in [3.05, 3.63) is 17.2 Å². The normalized spacial score (nSPS) is 22.7. The van der Waals surface area contributed by atoms with Crippen molar-refractivity contribution in [3.8, 4) is 0 Å². The van der Waals surface area contributed by atoms with E-state index in [1.165, 1.54) is 30.7 Å². The van der Waals surface area contributed by atoms with Gasteiger partial charge in [0.05, 0.1) is 22.7 Å². The second kappa shape index (κ2) is 6.93. The van der Waals surface area contributed by atoms with Gasteiger partial charge in [-0.15, -0.1) is 0 Å². The molecule has 1 N–H and O–H groups in total. The minimum atomic E-state index is -2.92. The zero-order valence-electron chi connectivity index (χ0n) is 14.3. The minimum Gasteiger partial charge on any atom is -0.344 e. The number of aromatic amines is 1. The maximum absolute atomic E-state index is 12.0. The van der Waals surface area contributed by atoms with Crippen molar-refractivity contribution in [2.75, 3.05) is 18.8 Å². The van der Waals surface area contributed by atoms with Crippen molar-refractivity contribution in [1.29, 1.82) is 0 Å². The monoisotopic (exact) mass is 339 g/mol. The number of nitrogens with zero attached hydrogens (tertiary/aromatic N) is 2. The van der Waals surface area contributed by atoms with Gasteiger partial charge in [-0.2, -0.15) is 0 Å². The fourth-order valence-corrected chi connectivity index (χ4v) is 4.74. The molecule has 1 unspecified atom stereocenters. The van der Waals surface area contributed by atoms with Crippen LogP contribution in [0.5, 0.6) is 0 Å². The summed E-state index contributed by atoms with van der Waals surface area (Å²) in [4.78, 5) is 10.8. The Labute approximate surface area is 139 Å². The van der Waals surface area contributed by atoms with Crippen LogP contribution in [0.3, 0.4) is 0 Å². The highest BCUT2D eigenvalue weighted by molar-refractivity contribution is 7.91. The van der Waals surface area contributed by atoms with E-state index in [0.29, 0.717) is 11.8 Å². The van der Waals surface area contributed by atoms with Gasteiger partial charge >= 0.3 is 0 Å². The molecule has 23 heavy (non-hydrogen) atoms. The van der Waals surface area contributed by atoms with Crippen LogP contribution < -0.4 is 0 Å². The molecule has 5 nitrogen and oxygen atoms in total. The number of aryl methyl sites for hydroxylation is 2. The van der Waals surface area contributed by atoms with Crippen molar-refractivity contribution < 1.29 is 8.42 Å². The van der Waals surface area contributed by atoms with Gasteiger partial charge in [-0.1, -0.05) is 0 Å². The smallest absolute Gasteiger partial charge is 0.152 e. The van der Waals surface area contributed by atoms with E-state index in [-0.39, 0.29) is 5.25 Å². The Balaban J connectivity index is 1.61. The van der Waals surface area contributed by atoms with Crippen LogP contribution in [0.4, 0.5) is 0 Å². The van der Waals surface area contributed by atoms with Crippen molar-refractivity contribution in [2.24, 2.45) is 0 Å². The van der Waals surface area contributed by atoms with E-state index < -0.39 is 9.84 Å². The molecule has 1 aromatic heterocycles. The topological polar surface area (TPSA) is 66.1 Å². The number of aromatic nitrogens is 2. The molecule has 0 radical (unpaired) electrons. The molecule has 0 amide bonds. The molecule has 130 valence electrons. The predicted octanol–water partition coefficient (Wildman–Crippen LogP) is 2.64. The van der Waals surface area contributed by atoms with Crippen LogP contribution in [0.15, 0.2) is 0 Å². The van der Waals surface area contributed by atoms with E-state index in [0.717, 1.165) is 44.6 Å². The highest BCUT2D eigenvalue weighted by Gasteiger charge is 2.29. The maximum Gasteiger partial charge on any atom is 0.152 e. The molecule has 2 heterocycles. The summed E-state index contributed by atoms with van der Waals surface area (Å²) in [5.74, 6) is 1.41. The fraction of sp³-hybridized carbons (Fsp3) is 0.824. The Morgan fingerprint density at radius 2 is 2.04 bits per heavy atom. The van der Waals surface area contributed by atoms with E-state index in [4.69, 9.17) is 4.98 Å². The Hall–Kier alpha value is -0.880. The second-order valence-electron chi connectivity index (χ2n) is 7.22. The lowest BCUT2D eigenvalue weighted by Gasteiger charge is -2.23. The SMILES string of the molecule is CC(C)S(=O)(=O)CCCN1CCCC1c1nc2c([nH]1)CCCC2. The average molecular weight is 340 g/mol. The number of rotatable bonds is 6. The number of sulfone groups is 1. The van der Waals surface area contributed by atoms with Crippen molar-refractivity contribution in [2.45, 2.75) is 70.1 Å². The van der Waals surface area contributed by atoms with Gasteiger partial charge in [0.25, 0.3) is 0 Å². The molecule has 1 aliphatic heterocycles. The molecule has 1 aromatic rings. The minimum absolute atomic E-state index is 0.270. The Morgan fingerprint density at radius 1 is 1.26 bits per heavy atom. The van der Waals surface area contributed by atoms with Gasteiger partial charge in [-0.05, 0) is 71.9 Å². The molecular weight excluding hydrogens is 310 g/mol. The van der Waals surface area contributed by atoms with Crippen molar-refractivity contribution >= 4 is 9.84 Å². The predicted molar refractivity (Wildman–Crippen MR) is 92.3 cm³/mol. The first-order valence-electron chi connectivity index (χ1n) is 9.00. The van der Waals surface area contributed by atoms with Gasteiger partial charge < -0.3 is 4.98 Å². The first-order chi connectivity index (χ1) is 11.0. The number of H-pyrrole nitrogens is 1. The van der Waals surface area contributed by atoms with Crippen LogP contribution in [0.25, 0.3) is 0 Å². The quantitative estimate of drug-likeness (QED) is 0.865. The Kier molecular flexibility index (Phi) is 5.11. The standard InChI is InChI=1S/C17H29N3O2S/c1-13(2)23(21,22)12-6-11-20-10-5-9-16(20)17-18-14-7-3-4-8-15(14)19-17/h13,16H,3-12H2,1-2H3,(H,18,19). The molecule has 2 aliphatic rings. The molecule has 0 saturated carbocycles. The van der Waals surface area contributed by atoms with Gasteiger partial charge in [0.15, 0.2) is 9.84 Å². The lowest BCUT2D eigenvalue weighted by molar-refractivity contribution is 0.250. The second-order valence-corrected chi connectivity index (χ2v) is 9.89. The van der Waals surface area contributed by atoms with E-state index in [2.05, 4.69) is 9.88 Å². The third-order valence-electron chi connectivity index (χ3n) is 5.24. The third kappa shape index (κ3) is 3.79. The van der Waals surface area contributed by atoms with Gasteiger partial charge in [-0.25, -0.2) is 13.4 Å². The van der Waals surface area contributed by atoms with E-state index in [1.807, 2.05) is 0 Å². The highest BCUT2D eigenvalue weighted by atomic mass is 32.2. The number of imidazole rings is 1. The summed E-state index contributed by atoms with van der Waals surface area (Å²) in [5.41, 5.74) is 2.60.